The Hall–Kier alpha value is -2.16. The molecule has 0 saturated heterocycles. The number of carbonyl (C=O) groups is 1. The maximum atomic E-state index is 12.9. The zero-order chi connectivity index (χ0) is 18.6. The van der Waals surface area contributed by atoms with Crippen molar-refractivity contribution in [1.82, 2.24) is 16.0 Å². The Kier molecular flexibility index (Phi) is 11.1. The minimum Gasteiger partial charge on any atom is -0.357 e. The Bertz CT molecular complexity index is 708. The van der Waals surface area contributed by atoms with Crippen LogP contribution in [0.15, 0.2) is 59.6 Å². The highest BCUT2D eigenvalue weighted by molar-refractivity contribution is 14.0. The van der Waals surface area contributed by atoms with Crippen LogP contribution < -0.4 is 16.0 Å². The molecule has 0 fully saturated rings. The third kappa shape index (κ3) is 9.37. The second-order valence-electron chi connectivity index (χ2n) is 5.76. The van der Waals surface area contributed by atoms with Gasteiger partial charge in [-0.15, -0.1) is 24.0 Å². The summed E-state index contributed by atoms with van der Waals surface area (Å²) < 4.78 is 12.9. The number of hydrogen-bond donors (Lipinski definition) is 3. The molecule has 27 heavy (non-hydrogen) atoms. The van der Waals surface area contributed by atoms with E-state index in [0.29, 0.717) is 32.0 Å². The molecule has 0 heterocycles. The quantitative estimate of drug-likeness (QED) is 0.307. The number of carbonyl (C=O) groups excluding carboxylic acids is 1. The van der Waals surface area contributed by atoms with Crippen molar-refractivity contribution < 1.29 is 9.18 Å². The third-order valence-electron chi connectivity index (χ3n) is 3.65. The van der Waals surface area contributed by atoms with E-state index in [1.54, 1.807) is 12.1 Å². The van der Waals surface area contributed by atoms with Crippen LogP contribution in [0.2, 0.25) is 0 Å². The highest BCUT2D eigenvalue weighted by Crippen LogP contribution is 2.03. The van der Waals surface area contributed by atoms with Crippen LogP contribution in [0.1, 0.15) is 24.5 Å². The molecule has 2 rings (SSSR count). The molecule has 7 heteroatoms. The van der Waals surface area contributed by atoms with Crippen molar-refractivity contribution in [3.63, 3.8) is 0 Å². The molecule has 3 N–H and O–H groups in total. The van der Waals surface area contributed by atoms with Gasteiger partial charge < -0.3 is 16.0 Å². The zero-order valence-corrected chi connectivity index (χ0v) is 17.7. The molecule has 0 aliphatic carbocycles. The molecule has 0 aliphatic heterocycles. The van der Waals surface area contributed by atoms with Crippen LogP contribution in [-0.4, -0.2) is 25.0 Å². The summed E-state index contributed by atoms with van der Waals surface area (Å²) in [6.07, 6.45) is 0.355. The number of nitrogens with one attached hydrogen (secondary N) is 3. The normalized spacial score (nSPS) is 10.7. The Morgan fingerprint density at radius 3 is 2.33 bits per heavy atom. The smallest absolute Gasteiger partial charge is 0.222 e. The first-order chi connectivity index (χ1) is 12.7. The molecule has 1 amide bonds. The van der Waals surface area contributed by atoms with Crippen LogP contribution in [0.3, 0.4) is 0 Å². The molecule has 5 nitrogen and oxygen atoms in total. The lowest BCUT2D eigenvalue weighted by atomic mass is 10.2. The lowest BCUT2D eigenvalue weighted by molar-refractivity contribution is -0.121. The number of amides is 1. The fourth-order valence-electron chi connectivity index (χ4n) is 2.28. The number of halogens is 2. The zero-order valence-electron chi connectivity index (χ0n) is 15.4. The SMILES string of the molecule is CCNC(=NCc1ccc(F)cc1)NCCC(=O)NCc1ccccc1.I. The van der Waals surface area contributed by atoms with E-state index < -0.39 is 0 Å². The van der Waals surface area contributed by atoms with Crippen LogP contribution in [-0.2, 0) is 17.9 Å². The molecule has 0 saturated carbocycles. The van der Waals surface area contributed by atoms with Crippen LogP contribution in [0.25, 0.3) is 0 Å². The van der Waals surface area contributed by atoms with Gasteiger partial charge in [0.25, 0.3) is 0 Å². The molecule has 0 aromatic heterocycles. The van der Waals surface area contributed by atoms with Crippen molar-refractivity contribution in [1.29, 1.82) is 0 Å². The summed E-state index contributed by atoms with van der Waals surface area (Å²) in [4.78, 5) is 16.4. The van der Waals surface area contributed by atoms with Crippen LogP contribution >= 0.6 is 24.0 Å². The van der Waals surface area contributed by atoms with Gasteiger partial charge in [0.05, 0.1) is 6.54 Å². The van der Waals surface area contributed by atoms with E-state index in [1.165, 1.54) is 12.1 Å². The summed E-state index contributed by atoms with van der Waals surface area (Å²) in [5.74, 6) is 0.354. The molecule has 0 bridgehead atoms. The molecule has 0 radical (unpaired) electrons. The van der Waals surface area contributed by atoms with Gasteiger partial charge in [0.1, 0.15) is 5.82 Å². The number of guanidine groups is 1. The van der Waals surface area contributed by atoms with E-state index in [2.05, 4.69) is 20.9 Å². The van der Waals surface area contributed by atoms with Gasteiger partial charge in [0, 0.05) is 26.1 Å². The van der Waals surface area contributed by atoms with Gasteiger partial charge in [0.2, 0.25) is 5.91 Å². The molecular weight excluding hydrogens is 458 g/mol. The number of benzene rings is 2. The minimum atomic E-state index is -0.260. The average molecular weight is 484 g/mol. The summed E-state index contributed by atoms with van der Waals surface area (Å²) in [5, 5.41) is 9.16. The Labute approximate surface area is 176 Å². The maximum absolute atomic E-state index is 12.9. The number of rotatable bonds is 8. The van der Waals surface area contributed by atoms with Crippen molar-refractivity contribution in [2.75, 3.05) is 13.1 Å². The first-order valence-corrected chi connectivity index (χ1v) is 8.74. The van der Waals surface area contributed by atoms with Crippen LogP contribution in [0, 0.1) is 5.82 Å². The number of hydrogen-bond acceptors (Lipinski definition) is 2. The molecule has 0 spiro atoms. The van der Waals surface area contributed by atoms with Gasteiger partial charge in [0.15, 0.2) is 5.96 Å². The largest absolute Gasteiger partial charge is 0.357 e. The molecule has 0 atom stereocenters. The number of nitrogens with zero attached hydrogens (tertiary/aromatic N) is 1. The summed E-state index contributed by atoms with van der Waals surface area (Å²) in [5.41, 5.74) is 1.99. The highest BCUT2D eigenvalue weighted by Gasteiger charge is 2.03. The monoisotopic (exact) mass is 484 g/mol. The molecule has 0 aliphatic rings. The Balaban J connectivity index is 0.00000364. The molecule has 2 aromatic rings. The Morgan fingerprint density at radius 1 is 0.963 bits per heavy atom. The second kappa shape index (κ2) is 13.1. The predicted octanol–water partition coefficient (Wildman–Crippen LogP) is 3.21. The Morgan fingerprint density at radius 2 is 1.67 bits per heavy atom. The van der Waals surface area contributed by atoms with Gasteiger partial charge in [-0.1, -0.05) is 42.5 Å². The van der Waals surface area contributed by atoms with E-state index in [4.69, 9.17) is 0 Å². The van der Waals surface area contributed by atoms with Crippen LogP contribution in [0.5, 0.6) is 0 Å². The van der Waals surface area contributed by atoms with Crippen molar-refractivity contribution >= 4 is 35.8 Å². The van der Waals surface area contributed by atoms with Crippen molar-refractivity contribution in [2.24, 2.45) is 4.99 Å². The van der Waals surface area contributed by atoms with Crippen molar-refractivity contribution in [3.05, 3.63) is 71.5 Å². The van der Waals surface area contributed by atoms with Crippen molar-refractivity contribution in [2.45, 2.75) is 26.4 Å². The van der Waals surface area contributed by atoms with Crippen LogP contribution in [0.4, 0.5) is 4.39 Å². The summed E-state index contributed by atoms with van der Waals surface area (Å²) in [7, 11) is 0. The van der Waals surface area contributed by atoms with E-state index in [0.717, 1.165) is 17.7 Å². The van der Waals surface area contributed by atoms with E-state index >= 15 is 0 Å². The fraction of sp³-hybridized carbons (Fsp3) is 0.300. The average Bonchev–Trinajstić information content (AvgIpc) is 2.66. The van der Waals surface area contributed by atoms with E-state index in [9.17, 15) is 9.18 Å². The van der Waals surface area contributed by atoms with Gasteiger partial charge in [-0.25, -0.2) is 9.38 Å². The maximum Gasteiger partial charge on any atom is 0.222 e. The van der Waals surface area contributed by atoms with E-state index in [-0.39, 0.29) is 35.7 Å². The predicted molar refractivity (Wildman–Crippen MR) is 118 cm³/mol. The third-order valence-corrected chi connectivity index (χ3v) is 3.65. The van der Waals surface area contributed by atoms with E-state index in [1.807, 2.05) is 37.3 Å². The molecular formula is C20H26FIN4O. The van der Waals surface area contributed by atoms with Gasteiger partial charge in [-0.3, -0.25) is 4.79 Å². The molecule has 0 unspecified atom stereocenters. The lowest BCUT2D eigenvalue weighted by Crippen LogP contribution is -2.39. The van der Waals surface area contributed by atoms with Gasteiger partial charge in [-0.2, -0.15) is 0 Å². The first kappa shape index (κ1) is 22.9. The standard InChI is InChI=1S/C20H25FN4O.HI/c1-2-22-20(25-15-17-8-10-18(21)11-9-17)23-13-12-19(26)24-14-16-6-4-3-5-7-16;/h3-11H,2,12-15H2,1H3,(H,24,26)(H2,22,23,25);1H. The lowest BCUT2D eigenvalue weighted by Gasteiger charge is -2.11. The number of aliphatic imine (C=N–C) groups is 1. The van der Waals surface area contributed by atoms with Gasteiger partial charge in [-0.05, 0) is 30.2 Å². The second-order valence-corrected chi connectivity index (χ2v) is 5.76. The van der Waals surface area contributed by atoms with Crippen molar-refractivity contribution in [3.8, 4) is 0 Å². The fourth-order valence-corrected chi connectivity index (χ4v) is 2.28. The molecule has 146 valence electrons. The van der Waals surface area contributed by atoms with Gasteiger partial charge >= 0.3 is 0 Å². The topological polar surface area (TPSA) is 65.5 Å². The molecule has 2 aromatic carbocycles. The highest BCUT2D eigenvalue weighted by atomic mass is 127. The summed E-state index contributed by atoms with van der Waals surface area (Å²) in [6, 6.07) is 16.0. The summed E-state index contributed by atoms with van der Waals surface area (Å²) in [6.45, 7) is 4.14. The summed E-state index contributed by atoms with van der Waals surface area (Å²) >= 11 is 0. The minimum absolute atomic E-state index is 0. The first-order valence-electron chi connectivity index (χ1n) is 8.74.